The normalized spacial score (nSPS) is 19.1. The minimum atomic E-state index is -2.89. The van der Waals surface area contributed by atoms with Crippen LogP contribution in [0.25, 0.3) is 33.4 Å². The second-order valence-corrected chi connectivity index (χ2v) is 15.1. The molecular weight excluding hydrogens is 742 g/mol. The number of pyridine rings is 1. The maximum absolute atomic E-state index is 14.1. The summed E-state index contributed by atoms with van der Waals surface area (Å²) in [7, 11) is 3.56. The number of benzene rings is 2. The van der Waals surface area contributed by atoms with Crippen LogP contribution < -0.4 is 10.1 Å². The molecule has 12 nitrogen and oxygen atoms in total. The van der Waals surface area contributed by atoms with Gasteiger partial charge in [-0.05, 0) is 87.9 Å². The summed E-state index contributed by atoms with van der Waals surface area (Å²) in [5.41, 5.74) is 6.29. The Hall–Kier alpha value is -4.89. The Morgan fingerprint density at radius 1 is 1.04 bits per heavy atom. The molecule has 2 fully saturated rings. The molecule has 56 heavy (non-hydrogen) atoms. The van der Waals surface area contributed by atoms with Crippen molar-refractivity contribution < 1.29 is 28.5 Å². The highest BCUT2D eigenvalue weighted by atomic mass is 35.5. The van der Waals surface area contributed by atoms with Crippen LogP contribution in [-0.4, -0.2) is 90.3 Å². The Morgan fingerprint density at radius 3 is 2.52 bits per heavy atom. The van der Waals surface area contributed by atoms with E-state index < -0.39 is 18.2 Å². The molecule has 0 unspecified atom stereocenters. The standard InChI is InChI=1S/C41H45ClF2N8O4/c1-23-28(8-5-11-31(23)47-38-36-32(48-39(50-38)37(43)44)17-24(18-46-36)20-52-16-6-7-27(53)21-52)29-9-4-10-30(35(29)42)33-19-45-34(40(49-33)56-3)22-51(2)26-14-12-25(13-15-26)41(54)55/h4-5,8-11,17-19,25-27,37,53H,6-7,12-16,20-22H2,1-3H3,(H,54,55)(H,47,48,50)/t25?,26?,27-/m0/s1. The topological polar surface area (TPSA) is 150 Å². The van der Waals surface area contributed by atoms with Gasteiger partial charge in [-0.3, -0.25) is 24.6 Å². The van der Waals surface area contributed by atoms with Crippen molar-refractivity contribution in [3.63, 3.8) is 0 Å². The Kier molecular flexibility index (Phi) is 12.0. The summed E-state index contributed by atoms with van der Waals surface area (Å²) in [5, 5.41) is 23.2. The van der Waals surface area contributed by atoms with E-state index in [9.17, 15) is 23.8 Å². The van der Waals surface area contributed by atoms with Crippen LogP contribution in [0.2, 0.25) is 5.02 Å². The fourth-order valence-corrected chi connectivity index (χ4v) is 8.16. The molecule has 1 saturated carbocycles. The number of aliphatic carboxylic acids is 1. The van der Waals surface area contributed by atoms with E-state index in [0.717, 1.165) is 54.5 Å². The number of halogens is 3. The second-order valence-electron chi connectivity index (χ2n) is 14.7. The number of fused-ring (bicyclic) bond motifs is 1. The Balaban J connectivity index is 1.14. The fraction of sp³-hybridized carbons (Fsp3) is 0.415. The molecule has 2 aliphatic rings. The molecule has 4 heterocycles. The number of aliphatic hydroxyl groups is 1. The lowest BCUT2D eigenvalue weighted by Gasteiger charge is -2.33. The predicted octanol–water partition coefficient (Wildman–Crippen LogP) is 7.83. The van der Waals surface area contributed by atoms with Crippen molar-refractivity contribution in [3.05, 3.63) is 82.5 Å². The van der Waals surface area contributed by atoms with Crippen LogP contribution in [0.3, 0.4) is 0 Å². The molecule has 1 aliphatic carbocycles. The van der Waals surface area contributed by atoms with Gasteiger partial charge in [0.15, 0.2) is 11.6 Å². The highest BCUT2D eigenvalue weighted by molar-refractivity contribution is 6.36. The van der Waals surface area contributed by atoms with Gasteiger partial charge in [0.05, 0.1) is 41.6 Å². The Morgan fingerprint density at radius 2 is 1.79 bits per heavy atom. The molecule has 1 aliphatic heterocycles. The van der Waals surface area contributed by atoms with Gasteiger partial charge in [0.25, 0.3) is 6.43 Å². The number of piperidine rings is 1. The maximum Gasteiger partial charge on any atom is 0.306 e. The number of alkyl halides is 2. The predicted molar refractivity (Wildman–Crippen MR) is 210 cm³/mol. The summed E-state index contributed by atoms with van der Waals surface area (Å²) in [6.45, 7) is 4.32. The van der Waals surface area contributed by atoms with Gasteiger partial charge < -0.3 is 20.3 Å². The average Bonchev–Trinajstić information content (AvgIpc) is 3.19. The van der Waals surface area contributed by atoms with E-state index in [4.69, 9.17) is 26.3 Å². The van der Waals surface area contributed by atoms with Crippen LogP contribution in [0.1, 0.15) is 67.6 Å². The molecule has 5 aromatic rings. The molecule has 1 atom stereocenters. The second kappa shape index (κ2) is 17.1. The van der Waals surface area contributed by atoms with Gasteiger partial charge in [-0.25, -0.2) is 23.7 Å². The zero-order valence-corrected chi connectivity index (χ0v) is 32.3. The highest BCUT2D eigenvalue weighted by Gasteiger charge is 2.29. The van der Waals surface area contributed by atoms with Crippen LogP contribution in [0.4, 0.5) is 20.3 Å². The summed E-state index contributed by atoms with van der Waals surface area (Å²) in [6, 6.07) is 13.3. The quantitative estimate of drug-likeness (QED) is 0.113. The molecule has 3 N–H and O–H groups in total. The fourth-order valence-electron chi connectivity index (χ4n) is 7.84. The number of carboxylic acids is 1. The van der Waals surface area contributed by atoms with Gasteiger partial charge in [0, 0.05) is 48.7 Å². The van der Waals surface area contributed by atoms with Crippen molar-refractivity contribution >= 4 is 40.1 Å². The molecule has 0 spiro atoms. The third kappa shape index (κ3) is 8.58. The first-order valence-corrected chi connectivity index (χ1v) is 19.2. The van der Waals surface area contributed by atoms with Crippen LogP contribution in [0.5, 0.6) is 5.88 Å². The lowest BCUT2D eigenvalue weighted by atomic mass is 9.85. The number of aliphatic hydroxyl groups excluding tert-OH is 1. The minimum Gasteiger partial charge on any atom is -0.481 e. The first-order chi connectivity index (χ1) is 27.0. The number of anilines is 2. The summed E-state index contributed by atoms with van der Waals surface area (Å²) in [6.07, 6.45) is 4.67. The van der Waals surface area contributed by atoms with Crippen molar-refractivity contribution in [1.29, 1.82) is 0 Å². The zero-order chi connectivity index (χ0) is 39.5. The first-order valence-electron chi connectivity index (χ1n) is 18.8. The first kappa shape index (κ1) is 39.3. The summed E-state index contributed by atoms with van der Waals surface area (Å²) in [5.74, 6) is -1.07. The van der Waals surface area contributed by atoms with E-state index in [1.807, 2.05) is 50.4 Å². The molecule has 1 saturated heterocycles. The highest BCUT2D eigenvalue weighted by Crippen LogP contribution is 2.40. The van der Waals surface area contributed by atoms with Gasteiger partial charge in [-0.1, -0.05) is 41.9 Å². The van der Waals surface area contributed by atoms with Gasteiger partial charge in [0.1, 0.15) is 11.2 Å². The maximum atomic E-state index is 14.1. The number of nitrogens with one attached hydrogen (secondary N) is 1. The van der Waals surface area contributed by atoms with Crippen LogP contribution in [0, 0.1) is 12.8 Å². The SMILES string of the molecule is COc1nc(-c2cccc(-c3cccc(Nc4nc(C(F)F)nc5cc(CN6CCC[C@H](O)C6)cnc45)c3C)c2Cl)cnc1CN(C)C1CCC(C(=O)O)CC1. The summed E-state index contributed by atoms with van der Waals surface area (Å²) >= 11 is 7.13. The molecule has 0 radical (unpaired) electrons. The number of aromatic nitrogens is 5. The smallest absolute Gasteiger partial charge is 0.306 e. The largest absolute Gasteiger partial charge is 0.481 e. The average molecular weight is 787 g/mol. The number of ether oxygens (including phenoxy) is 1. The molecular formula is C41H45ClF2N8O4. The number of hydrogen-bond donors (Lipinski definition) is 3. The molecule has 294 valence electrons. The van der Waals surface area contributed by atoms with Gasteiger partial charge in [-0.15, -0.1) is 0 Å². The summed E-state index contributed by atoms with van der Waals surface area (Å²) < 4.78 is 33.9. The number of hydrogen-bond acceptors (Lipinski definition) is 11. The number of rotatable bonds is 12. The van der Waals surface area contributed by atoms with Crippen molar-refractivity contribution in [2.24, 2.45) is 5.92 Å². The minimum absolute atomic E-state index is 0.159. The Bertz CT molecular complexity index is 2220. The van der Waals surface area contributed by atoms with Crippen molar-refractivity contribution in [2.45, 2.75) is 77.1 Å². The van der Waals surface area contributed by atoms with E-state index >= 15 is 0 Å². The van der Waals surface area contributed by atoms with Gasteiger partial charge in [-0.2, -0.15) is 0 Å². The third-order valence-electron chi connectivity index (χ3n) is 10.9. The van der Waals surface area contributed by atoms with E-state index in [1.54, 1.807) is 25.6 Å². The molecule has 0 amide bonds. The third-order valence-corrected chi connectivity index (χ3v) is 11.3. The molecule has 3 aromatic heterocycles. The number of likely N-dealkylation sites (tertiary alicyclic amines) is 1. The molecule has 7 rings (SSSR count). The number of β-amino-alcohol motifs (C(OH)–C–C–N with tert-alkyl or cyclic N) is 1. The molecule has 0 bridgehead atoms. The van der Waals surface area contributed by atoms with Crippen LogP contribution in [-0.2, 0) is 17.9 Å². The van der Waals surface area contributed by atoms with Crippen molar-refractivity contribution in [2.75, 3.05) is 32.6 Å². The number of nitrogens with zero attached hydrogens (tertiary/aromatic N) is 7. The molecule has 2 aromatic carbocycles. The Labute approximate surface area is 329 Å². The van der Waals surface area contributed by atoms with Crippen LogP contribution in [0.15, 0.2) is 54.9 Å². The zero-order valence-electron chi connectivity index (χ0n) is 31.6. The van der Waals surface area contributed by atoms with Crippen molar-refractivity contribution in [3.8, 4) is 28.3 Å². The number of carboxylic acid groups (broad SMARTS) is 1. The number of methoxy groups -OCH3 is 1. The van der Waals surface area contributed by atoms with E-state index in [2.05, 4.69) is 30.1 Å². The lowest BCUT2D eigenvalue weighted by molar-refractivity contribution is -0.143. The van der Waals surface area contributed by atoms with Gasteiger partial charge >= 0.3 is 5.97 Å². The van der Waals surface area contributed by atoms with E-state index in [-0.39, 0.29) is 23.9 Å². The van der Waals surface area contributed by atoms with E-state index in [1.165, 1.54) is 0 Å². The number of carbonyl (C=O) groups is 1. The van der Waals surface area contributed by atoms with Crippen molar-refractivity contribution in [1.82, 2.24) is 34.7 Å². The monoisotopic (exact) mass is 786 g/mol. The van der Waals surface area contributed by atoms with Crippen LogP contribution >= 0.6 is 11.6 Å². The lowest BCUT2D eigenvalue weighted by Crippen LogP contribution is -2.37. The molecule has 15 heteroatoms. The summed E-state index contributed by atoms with van der Waals surface area (Å²) in [4.78, 5) is 38.2. The van der Waals surface area contributed by atoms with Gasteiger partial charge in [0.2, 0.25) is 5.88 Å². The van der Waals surface area contributed by atoms with E-state index in [0.29, 0.717) is 77.1 Å².